The molecule has 0 radical (unpaired) electrons. The zero-order valence-corrected chi connectivity index (χ0v) is 12.7. The second-order valence-corrected chi connectivity index (χ2v) is 6.07. The Balaban J connectivity index is 2.21. The van der Waals surface area contributed by atoms with Gasteiger partial charge < -0.3 is 0 Å². The summed E-state index contributed by atoms with van der Waals surface area (Å²) in [5.41, 5.74) is 0.136. The molecule has 1 aromatic heterocycles. The second kappa shape index (κ2) is 5.70. The van der Waals surface area contributed by atoms with Gasteiger partial charge in [-0.2, -0.15) is 0 Å². The van der Waals surface area contributed by atoms with Gasteiger partial charge in [0.15, 0.2) is 0 Å². The van der Waals surface area contributed by atoms with Crippen LogP contribution in [0.5, 0.6) is 0 Å². The fourth-order valence-electron chi connectivity index (χ4n) is 2.92. The standard InChI is InChI=1S/C15H14Cl2N2O2/c16-10-5-7-11(8-6-10)19-14(20)12(9-3-1-2-4-9)13(17)18-15(19)21/h5-9H,1-4H2,(H,18,21). The summed E-state index contributed by atoms with van der Waals surface area (Å²) in [5, 5.41) is 0.718. The molecular weight excluding hydrogens is 311 g/mol. The number of hydrogen-bond donors (Lipinski definition) is 1. The van der Waals surface area contributed by atoms with E-state index in [9.17, 15) is 9.59 Å². The van der Waals surface area contributed by atoms with Crippen molar-refractivity contribution >= 4 is 23.2 Å². The summed E-state index contributed by atoms with van der Waals surface area (Å²) < 4.78 is 1.12. The van der Waals surface area contributed by atoms with Crippen molar-refractivity contribution in [2.24, 2.45) is 0 Å². The Morgan fingerprint density at radius 1 is 1.05 bits per heavy atom. The number of benzene rings is 1. The molecule has 2 aromatic rings. The second-order valence-electron chi connectivity index (χ2n) is 5.26. The molecule has 110 valence electrons. The lowest BCUT2D eigenvalue weighted by Crippen LogP contribution is -2.36. The molecule has 0 atom stereocenters. The zero-order chi connectivity index (χ0) is 15.0. The SMILES string of the molecule is O=c1[nH]c(Cl)c(C2CCCC2)c(=O)n1-c1ccc(Cl)cc1. The normalized spacial score (nSPS) is 15.5. The van der Waals surface area contributed by atoms with Crippen molar-refractivity contribution in [1.82, 2.24) is 9.55 Å². The monoisotopic (exact) mass is 324 g/mol. The zero-order valence-electron chi connectivity index (χ0n) is 11.2. The first kappa shape index (κ1) is 14.4. The Bertz CT molecular complexity index is 772. The van der Waals surface area contributed by atoms with Gasteiger partial charge in [-0.3, -0.25) is 9.78 Å². The van der Waals surface area contributed by atoms with Crippen LogP contribution >= 0.6 is 23.2 Å². The third kappa shape index (κ3) is 2.65. The Kier molecular flexibility index (Phi) is 3.91. The van der Waals surface area contributed by atoms with Crippen molar-refractivity contribution in [3.8, 4) is 5.69 Å². The number of rotatable bonds is 2. The molecule has 1 fully saturated rings. The summed E-state index contributed by atoms with van der Waals surface area (Å²) in [6, 6.07) is 6.58. The van der Waals surface area contributed by atoms with Crippen LogP contribution in [-0.4, -0.2) is 9.55 Å². The Hall–Kier alpha value is -1.52. The number of halogens is 2. The van der Waals surface area contributed by atoms with Crippen molar-refractivity contribution in [2.45, 2.75) is 31.6 Å². The van der Waals surface area contributed by atoms with E-state index >= 15 is 0 Å². The number of H-pyrrole nitrogens is 1. The molecule has 3 rings (SSSR count). The predicted octanol–water partition coefficient (Wildman–Crippen LogP) is 3.49. The highest BCUT2D eigenvalue weighted by Gasteiger charge is 2.25. The molecule has 1 N–H and O–H groups in total. The summed E-state index contributed by atoms with van der Waals surface area (Å²) in [7, 11) is 0. The number of aromatic nitrogens is 2. The first-order valence-electron chi connectivity index (χ1n) is 6.88. The highest BCUT2D eigenvalue weighted by atomic mass is 35.5. The average molecular weight is 325 g/mol. The smallest absolute Gasteiger partial charge is 0.297 e. The lowest BCUT2D eigenvalue weighted by Gasteiger charge is -2.13. The van der Waals surface area contributed by atoms with Crippen LogP contribution in [0.15, 0.2) is 33.9 Å². The van der Waals surface area contributed by atoms with Crippen LogP contribution in [0, 0.1) is 0 Å². The van der Waals surface area contributed by atoms with Crippen molar-refractivity contribution in [2.75, 3.05) is 0 Å². The van der Waals surface area contributed by atoms with Crippen molar-refractivity contribution in [3.63, 3.8) is 0 Å². The van der Waals surface area contributed by atoms with Crippen LogP contribution in [0.3, 0.4) is 0 Å². The molecule has 1 aliphatic rings. The number of nitrogens with one attached hydrogen (secondary N) is 1. The molecule has 1 saturated carbocycles. The number of aromatic amines is 1. The number of hydrogen-bond acceptors (Lipinski definition) is 2. The van der Waals surface area contributed by atoms with Gasteiger partial charge in [0.1, 0.15) is 5.15 Å². The van der Waals surface area contributed by atoms with Crippen molar-refractivity contribution < 1.29 is 0 Å². The summed E-state index contributed by atoms with van der Waals surface area (Å²) in [6.45, 7) is 0. The van der Waals surface area contributed by atoms with Crippen molar-refractivity contribution in [1.29, 1.82) is 0 Å². The van der Waals surface area contributed by atoms with Crippen LogP contribution in [0.2, 0.25) is 10.2 Å². The average Bonchev–Trinajstić information content (AvgIpc) is 2.94. The maximum Gasteiger partial charge on any atom is 0.334 e. The van der Waals surface area contributed by atoms with Gasteiger partial charge in [-0.1, -0.05) is 36.0 Å². The van der Waals surface area contributed by atoms with Crippen molar-refractivity contribution in [3.05, 3.63) is 60.8 Å². The van der Waals surface area contributed by atoms with Crippen LogP contribution in [0.1, 0.15) is 37.2 Å². The minimum absolute atomic E-state index is 0.125. The fourth-order valence-corrected chi connectivity index (χ4v) is 3.36. The first-order chi connectivity index (χ1) is 10.1. The van der Waals surface area contributed by atoms with Crippen LogP contribution in [-0.2, 0) is 0 Å². The highest BCUT2D eigenvalue weighted by Crippen LogP contribution is 2.34. The molecule has 0 bridgehead atoms. The van der Waals surface area contributed by atoms with E-state index in [1.54, 1.807) is 24.3 Å². The predicted molar refractivity (Wildman–Crippen MR) is 83.9 cm³/mol. The van der Waals surface area contributed by atoms with E-state index in [-0.39, 0.29) is 16.6 Å². The van der Waals surface area contributed by atoms with Crippen LogP contribution in [0.4, 0.5) is 0 Å². The van der Waals surface area contributed by atoms with Gasteiger partial charge in [0.2, 0.25) is 0 Å². The highest BCUT2D eigenvalue weighted by molar-refractivity contribution is 6.30. The molecular formula is C15H14Cl2N2O2. The lowest BCUT2D eigenvalue weighted by molar-refractivity contribution is 0.688. The maximum atomic E-state index is 12.7. The Morgan fingerprint density at radius 3 is 2.29 bits per heavy atom. The molecule has 21 heavy (non-hydrogen) atoms. The maximum absolute atomic E-state index is 12.7. The molecule has 1 aromatic carbocycles. The first-order valence-corrected chi connectivity index (χ1v) is 7.64. The van der Waals surface area contributed by atoms with Crippen LogP contribution < -0.4 is 11.2 Å². The molecule has 6 heteroatoms. The molecule has 1 aliphatic carbocycles. The van der Waals surface area contributed by atoms with Gasteiger partial charge in [0, 0.05) is 5.02 Å². The quantitative estimate of drug-likeness (QED) is 0.859. The van der Waals surface area contributed by atoms with Gasteiger partial charge in [0.05, 0.1) is 11.3 Å². The van der Waals surface area contributed by atoms with Gasteiger partial charge in [-0.25, -0.2) is 9.36 Å². The van der Waals surface area contributed by atoms with E-state index < -0.39 is 5.69 Å². The minimum Gasteiger partial charge on any atom is -0.297 e. The largest absolute Gasteiger partial charge is 0.334 e. The van der Waals surface area contributed by atoms with Gasteiger partial charge in [0.25, 0.3) is 5.56 Å². The molecule has 0 saturated heterocycles. The van der Waals surface area contributed by atoms with E-state index in [1.165, 1.54) is 0 Å². The van der Waals surface area contributed by atoms with Crippen LogP contribution in [0.25, 0.3) is 5.69 Å². The summed E-state index contributed by atoms with van der Waals surface area (Å²) in [4.78, 5) is 27.4. The number of nitrogens with zero attached hydrogens (tertiary/aromatic N) is 1. The Labute approximate surface area is 131 Å². The summed E-state index contributed by atoms with van der Waals surface area (Å²) in [6.07, 6.45) is 4.03. The molecule has 4 nitrogen and oxygen atoms in total. The van der Waals surface area contributed by atoms with Gasteiger partial charge >= 0.3 is 5.69 Å². The Morgan fingerprint density at radius 2 is 1.67 bits per heavy atom. The fraction of sp³-hybridized carbons (Fsp3) is 0.333. The molecule has 0 unspecified atom stereocenters. The molecule has 0 aliphatic heterocycles. The third-order valence-corrected chi connectivity index (χ3v) is 4.49. The summed E-state index contributed by atoms with van der Waals surface area (Å²) in [5.74, 6) is 0.125. The molecule has 1 heterocycles. The lowest BCUT2D eigenvalue weighted by atomic mass is 10.0. The minimum atomic E-state index is -0.533. The summed E-state index contributed by atoms with van der Waals surface area (Å²) >= 11 is 12.0. The van der Waals surface area contributed by atoms with Gasteiger partial charge in [-0.15, -0.1) is 0 Å². The molecule has 0 amide bonds. The van der Waals surface area contributed by atoms with E-state index in [1.807, 2.05) is 0 Å². The van der Waals surface area contributed by atoms with Gasteiger partial charge in [-0.05, 0) is 43.0 Å². The third-order valence-electron chi connectivity index (χ3n) is 3.94. The van der Waals surface area contributed by atoms with E-state index in [4.69, 9.17) is 23.2 Å². The topological polar surface area (TPSA) is 54.9 Å². The van der Waals surface area contributed by atoms with E-state index in [2.05, 4.69) is 4.98 Å². The van der Waals surface area contributed by atoms with E-state index in [0.717, 1.165) is 30.3 Å². The molecule has 0 spiro atoms. The van der Waals surface area contributed by atoms with E-state index in [0.29, 0.717) is 16.3 Å².